The number of aryl methyl sites for hydroxylation is 2. The summed E-state index contributed by atoms with van der Waals surface area (Å²) in [5.41, 5.74) is 3.13. The minimum Gasteiger partial charge on any atom is -0.346 e. The molecule has 2 aromatic heterocycles. The first-order chi connectivity index (χ1) is 9.52. The molecule has 1 N–H and O–H groups in total. The molecule has 0 atom stereocenters. The van der Waals surface area contributed by atoms with Crippen molar-refractivity contribution in [3.05, 3.63) is 29.8 Å². The van der Waals surface area contributed by atoms with Crippen LogP contribution >= 0.6 is 12.2 Å². The Morgan fingerprint density at radius 3 is 2.80 bits per heavy atom. The summed E-state index contributed by atoms with van der Waals surface area (Å²) in [6, 6.07) is 2.01. The Hall–Kier alpha value is -1.89. The van der Waals surface area contributed by atoms with E-state index in [4.69, 9.17) is 12.2 Å². The van der Waals surface area contributed by atoms with Gasteiger partial charge in [0, 0.05) is 26.8 Å². The summed E-state index contributed by atoms with van der Waals surface area (Å²) in [5, 5.41) is 12.4. The van der Waals surface area contributed by atoms with Crippen LogP contribution in [-0.4, -0.2) is 36.6 Å². The molecule has 0 fully saturated rings. The van der Waals surface area contributed by atoms with Gasteiger partial charge >= 0.3 is 0 Å². The lowest BCUT2D eigenvalue weighted by molar-refractivity contribution is 0.471. The average Bonchev–Trinajstić information content (AvgIpc) is 3.00. The number of nitrogens with zero attached hydrogens (tertiary/aromatic N) is 5. The zero-order valence-electron chi connectivity index (χ0n) is 12.3. The molecule has 108 valence electrons. The zero-order valence-corrected chi connectivity index (χ0v) is 13.1. The third kappa shape index (κ3) is 2.98. The number of anilines is 1. The Morgan fingerprint density at radius 2 is 2.20 bits per heavy atom. The van der Waals surface area contributed by atoms with Gasteiger partial charge in [0.2, 0.25) is 0 Å². The second kappa shape index (κ2) is 6.04. The van der Waals surface area contributed by atoms with Gasteiger partial charge in [0.25, 0.3) is 0 Å². The first-order valence-electron chi connectivity index (χ1n) is 6.54. The highest BCUT2D eigenvalue weighted by molar-refractivity contribution is 7.80. The fourth-order valence-electron chi connectivity index (χ4n) is 1.93. The Labute approximate surface area is 124 Å². The summed E-state index contributed by atoms with van der Waals surface area (Å²) in [5.74, 6) is 0. The van der Waals surface area contributed by atoms with E-state index in [1.54, 1.807) is 6.20 Å². The third-order valence-electron chi connectivity index (χ3n) is 3.33. The molecule has 0 saturated carbocycles. The van der Waals surface area contributed by atoms with Crippen molar-refractivity contribution >= 4 is 23.0 Å². The van der Waals surface area contributed by atoms with Crippen molar-refractivity contribution in [2.24, 2.45) is 7.05 Å². The maximum Gasteiger partial charge on any atom is 0.173 e. The zero-order chi connectivity index (χ0) is 14.7. The van der Waals surface area contributed by atoms with Crippen LogP contribution in [0.5, 0.6) is 0 Å². The molecule has 2 rings (SSSR count). The van der Waals surface area contributed by atoms with E-state index < -0.39 is 0 Å². The molecule has 0 amide bonds. The highest BCUT2D eigenvalue weighted by atomic mass is 32.1. The van der Waals surface area contributed by atoms with Crippen LogP contribution in [0.25, 0.3) is 0 Å². The van der Waals surface area contributed by atoms with Crippen molar-refractivity contribution in [2.75, 3.05) is 12.4 Å². The number of rotatable bonds is 4. The molecule has 0 unspecified atom stereocenters. The molecule has 7 heteroatoms. The normalized spacial score (nSPS) is 10.6. The summed E-state index contributed by atoms with van der Waals surface area (Å²) >= 11 is 5.43. The fraction of sp³-hybridized carbons (Fsp3) is 0.462. The predicted molar refractivity (Wildman–Crippen MR) is 83.5 cm³/mol. The van der Waals surface area contributed by atoms with Crippen LogP contribution < -0.4 is 5.32 Å². The van der Waals surface area contributed by atoms with Crippen LogP contribution in [0.2, 0.25) is 0 Å². The van der Waals surface area contributed by atoms with Crippen LogP contribution in [-0.2, 0) is 20.1 Å². The van der Waals surface area contributed by atoms with E-state index in [1.807, 2.05) is 47.5 Å². The van der Waals surface area contributed by atoms with Gasteiger partial charge in [-0.2, -0.15) is 10.2 Å². The van der Waals surface area contributed by atoms with Gasteiger partial charge < -0.3 is 10.2 Å². The van der Waals surface area contributed by atoms with Crippen molar-refractivity contribution in [1.29, 1.82) is 0 Å². The lowest BCUT2D eigenvalue weighted by atomic mass is 10.4. The van der Waals surface area contributed by atoms with E-state index in [0.717, 1.165) is 30.2 Å². The molecule has 0 radical (unpaired) electrons. The fourth-order valence-corrected chi connectivity index (χ4v) is 2.10. The molecule has 0 aliphatic carbocycles. The van der Waals surface area contributed by atoms with Crippen molar-refractivity contribution in [2.45, 2.75) is 26.9 Å². The van der Waals surface area contributed by atoms with Crippen molar-refractivity contribution in [3.8, 4) is 0 Å². The molecule has 2 aromatic rings. The Balaban J connectivity index is 2.00. The van der Waals surface area contributed by atoms with Crippen LogP contribution in [0.4, 0.5) is 5.69 Å². The van der Waals surface area contributed by atoms with Gasteiger partial charge in [-0.05, 0) is 32.1 Å². The van der Waals surface area contributed by atoms with Crippen LogP contribution in [0.3, 0.4) is 0 Å². The smallest absolute Gasteiger partial charge is 0.173 e. The molecular formula is C13H20N6S. The van der Waals surface area contributed by atoms with Crippen molar-refractivity contribution < 1.29 is 0 Å². The first-order valence-corrected chi connectivity index (χ1v) is 6.95. The molecule has 6 nitrogen and oxygen atoms in total. The summed E-state index contributed by atoms with van der Waals surface area (Å²) in [6.45, 7) is 5.66. The largest absolute Gasteiger partial charge is 0.346 e. The Kier molecular flexibility index (Phi) is 4.39. The van der Waals surface area contributed by atoms with Gasteiger partial charge in [-0.25, -0.2) is 0 Å². The number of hydrogen-bond acceptors (Lipinski definition) is 3. The van der Waals surface area contributed by atoms with Gasteiger partial charge in [0.15, 0.2) is 5.11 Å². The molecule has 0 aliphatic rings. The second-order valence-electron chi connectivity index (χ2n) is 4.69. The van der Waals surface area contributed by atoms with Gasteiger partial charge in [-0.15, -0.1) is 0 Å². The molecule has 2 heterocycles. The van der Waals surface area contributed by atoms with Gasteiger partial charge in [0.1, 0.15) is 0 Å². The number of hydrogen-bond donors (Lipinski definition) is 1. The summed E-state index contributed by atoms with van der Waals surface area (Å²) in [6.07, 6.45) is 3.60. The standard InChI is InChI=1S/C13H20N6S/c1-5-19-11(6-7-14-19)9-17(3)13(20)16-12-8-15-18(4)10(12)2/h6-8H,5,9H2,1-4H3,(H,16,20). The van der Waals surface area contributed by atoms with Crippen LogP contribution in [0, 0.1) is 6.92 Å². The van der Waals surface area contributed by atoms with Crippen LogP contribution in [0.15, 0.2) is 18.5 Å². The van der Waals surface area contributed by atoms with E-state index in [-0.39, 0.29) is 0 Å². The molecule has 0 spiro atoms. The van der Waals surface area contributed by atoms with Crippen molar-refractivity contribution in [3.63, 3.8) is 0 Å². The van der Waals surface area contributed by atoms with E-state index in [9.17, 15) is 0 Å². The molecule has 0 aromatic carbocycles. The summed E-state index contributed by atoms with van der Waals surface area (Å²) < 4.78 is 3.78. The maximum atomic E-state index is 5.43. The predicted octanol–water partition coefficient (Wildman–Crippen LogP) is 1.77. The van der Waals surface area contributed by atoms with E-state index >= 15 is 0 Å². The molecule has 0 saturated heterocycles. The van der Waals surface area contributed by atoms with Gasteiger partial charge in [0.05, 0.1) is 29.8 Å². The van der Waals surface area contributed by atoms with E-state index in [1.165, 1.54) is 0 Å². The minimum absolute atomic E-state index is 0.671. The maximum absolute atomic E-state index is 5.43. The molecule has 0 bridgehead atoms. The Bertz CT molecular complexity index is 600. The van der Waals surface area contributed by atoms with Crippen molar-refractivity contribution in [1.82, 2.24) is 24.5 Å². The SMILES string of the molecule is CCn1nccc1CN(C)C(=S)Nc1cnn(C)c1C. The first kappa shape index (κ1) is 14.5. The minimum atomic E-state index is 0.671. The third-order valence-corrected chi connectivity index (χ3v) is 3.74. The van der Waals surface area contributed by atoms with Gasteiger partial charge in [-0.1, -0.05) is 0 Å². The Morgan fingerprint density at radius 1 is 1.45 bits per heavy atom. The molecule has 0 aliphatic heterocycles. The second-order valence-corrected chi connectivity index (χ2v) is 5.08. The lowest BCUT2D eigenvalue weighted by Gasteiger charge is -2.21. The van der Waals surface area contributed by atoms with Crippen LogP contribution in [0.1, 0.15) is 18.3 Å². The summed E-state index contributed by atoms with van der Waals surface area (Å²) in [7, 11) is 3.88. The highest BCUT2D eigenvalue weighted by Crippen LogP contribution is 2.13. The number of thiocarbonyl (C=S) groups is 1. The molecular weight excluding hydrogens is 272 g/mol. The highest BCUT2D eigenvalue weighted by Gasteiger charge is 2.11. The van der Waals surface area contributed by atoms with E-state index in [0.29, 0.717) is 5.11 Å². The van der Waals surface area contributed by atoms with Gasteiger partial charge in [-0.3, -0.25) is 9.36 Å². The number of nitrogens with one attached hydrogen (secondary N) is 1. The monoisotopic (exact) mass is 292 g/mol. The van der Waals surface area contributed by atoms with E-state index in [2.05, 4.69) is 22.4 Å². The quantitative estimate of drug-likeness (QED) is 0.871. The lowest BCUT2D eigenvalue weighted by Crippen LogP contribution is -2.31. The topological polar surface area (TPSA) is 50.9 Å². The summed E-state index contributed by atoms with van der Waals surface area (Å²) in [4.78, 5) is 1.99. The average molecular weight is 292 g/mol. The molecule has 20 heavy (non-hydrogen) atoms. The number of aromatic nitrogens is 4.